The van der Waals surface area contributed by atoms with Crippen LogP contribution in [-0.4, -0.2) is 41.8 Å². The van der Waals surface area contributed by atoms with E-state index in [4.69, 9.17) is 22.8 Å². The zero-order valence-electron chi connectivity index (χ0n) is 15.9. The molecule has 1 rings (SSSR count). The lowest BCUT2D eigenvalue weighted by Gasteiger charge is -2.31. The van der Waals surface area contributed by atoms with Crippen molar-refractivity contribution in [2.24, 2.45) is 0 Å². The van der Waals surface area contributed by atoms with E-state index in [1.54, 1.807) is 0 Å². The van der Waals surface area contributed by atoms with Crippen molar-refractivity contribution in [3.8, 4) is 0 Å². The van der Waals surface area contributed by atoms with Crippen LogP contribution in [0.4, 0.5) is 0 Å². The Morgan fingerprint density at radius 1 is 0.708 bits per heavy atom. The monoisotopic (exact) mass is 356 g/mol. The van der Waals surface area contributed by atoms with E-state index in [0.29, 0.717) is 33.0 Å². The van der Waals surface area contributed by atoms with E-state index in [2.05, 4.69) is 0 Å². The molecular formula is C18H32O5Si. The molecule has 138 valence electrons. The van der Waals surface area contributed by atoms with Crippen molar-refractivity contribution < 1.29 is 22.8 Å². The third-order valence-corrected chi connectivity index (χ3v) is 6.65. The van der Waals surface area contributed by atoms with Gasteiger partial charge in [-0.05, 0) is 41.5 Å². The van der Waals surface area contributed by atoms with E-state index in [9.17, 15) is 0 Å². The first kappa shape index (κ1) is 21.3. The molecule has 0 spiro atoms. The Bertz CT molecular complexity index is 440. The van der Waals surface area contributed by atoms with Crippen molar-refractivity contribution in [1.29, 1.82) is 0 Å². The fraction of sp³-hybridized carbons (Fsp3) is 0.667. The van der Waals surface area contributed by atoms with Crippen molar-refractivity contribution >= 4 is 14.0 Å². The summed E-state index contributed by atoms with van der Waals surface area (Å²) in [7, 11) is -2.87. The Morgan fingerprint density at radius 2 is 1.12 bits per heavy atom. The highest BCUT2D eigenvalue weighted by molar-refractivity contribution is 6.75. The number of ether oxygens (including phenoxy) is 2. The molecular weight excluding hydrogens is 324 g/mol. The van der Waals surface area contributed by atoms with Crippen molar-refractivity contribution in [3.05, 3.63) is 29.8 Å². The van der Waals surface area contributed by atoms with Gasteiger partial charge in [0.1, 0.15) is 0 Å². The maximum absolute atomic E-state index is 5.95. The molecule has 0 fully saturated rings. The van der Waals surface area contributed by atoms with Crippen LogP contribution in [0.2, 0.25) is 0 Å². The predicted molar refractivity (Wildman–Crippen MR) is 97.3 cm³/mol. The molecule has 1 aromatic rings. The summed E-state index contributed by atoms with van der Waals surface area (Å²) in [6.07, 6.45) is 0. The SMILES string of the molecule is CCOC(C)(OCC)c1ccc([Si](OCC)(OCC)OCC)cc1. The van der Waals surface area contributed by atoms with Gasteiger partial charge in [-0.1, -0.05) is 24.3 Å². The highest BCUT2D eigenvalue weighted by Gasteiger charge is 2.43. The van der Waals surface area contributed by atoms with Crippen LogP contribution in [0.3, 0.4) is 0 Å². The molecule has 5 nitrogen and oxygen atoms in total. The molecule has 0 bridgehead atoms. The number of hydrogen-bond donors (Lipinski definition) is 0. The lowest BCUT2D eigenvalue weighted by atomic mass is 10.1. The molecule has 0 aliphatic heterocycles. The van der Waals surface area contributed by atoms with Crippen molar-refractivity contribution in [2.45, 2.75) is 47.3 Å². The summed E-state index contributed by atoms with van der Waals surface area (Å²) in [6, 6.07) is 8.00. The molecule has 0 aromatic heterocycles. The Labute approximate surface area is 147 Å². The number of benzene rings is 1. The molecule has 0 atom stereocenters. The molecule has 0 unspecified atom stereocenters. The Kier molecular flexibility index (Phi) is 9.11. The van der Waals surface area contributed by atoms with Crippen molar-refractivity contribution in [2.75, 3.05) is 33.0 Å². The molecule has 6 heteroatoms. The van der Waals surface area contributed by atoms with Crippen molar-refractivity contribution in [1.82, 2.24) is 0 Å². The van der Waals surface area contributed by atoms with Gasteiger partial charge < -0.3 is 22.8 Å². The van der Waals surface area contributed by atoms with E-state index in [-0.39, 0.29) is 0 Å². The molecule has 0 saturated heterocycles. The second-order valence-electron chi connectivity index (χ2n) is 5.24. The summed E-state index contributed by atoms with van der Waals surface area (Å²) in [6.45, 7) is 14.5. The highest BCUT2D eigenvalue weighted by Crippen LogP contribution is 2.26. The summed E-state index contributed by atoms with van der Waals surface area (Å²) in [5.41, 5.74) is 0.961. The minimum Gasteiger partial charge on any atom is -0.370 e. The van der Waals surface area contributed by atoms with Gasteiger partial charge in [-0.3, -0.25) is 0 Å². The standard InChI is InChI=1S/C18H32O5Si/c1-7-19-18(6,20-8-2)16-12-14-17(15-13-16)24(21-9-3,22-10-4)23-11-5/h12-15H,7-11H2,1-6H3. The van der Waals surface area contributed by atoms with Gasteiger partial charge in [0.2, 0.25) is 0 Å². The predicted octanol–water partition coefficient (Wildman–Crippen LogP) is 3.19. The van der Waals surface area contributed by atoms with E-state index in [1.165, 1.54) is 0 Å². The lowest BCUT2D eigenvalue weighted by Crippen LogP contribution is -2.57. The van der Waals surface area contributed by atoms with Gasteiger partial charge >= 0.3 is 8.80 Å². The molecule has 0 heterocycles. The molecule has 0 aliphatic carbocycles. The molecule has 0 aliphatic rings. The Hall–Kier alpha value is -0.763. The Morgan fingerprint density at radius 3 is 1.46 bits per heavy atom. The molecule has 0 N–H and O–H groups in total. The maximum Gasteiger partial charge on any atom is 0.537 e. The normalized spacial score (nSPS) is 12.6. The fourth-order valence-corrected chi connectivity index (χ4v) is 5.15. The van der Waals surface area contributed by atoms with Crippen LogP contribution in [0.25, 0.3) is 0 Å². The second-order valence-corrected chi connectivity index (χ2v) is 7.80. The van der Waals surface area contributed by atoms with E-state index < -0.39 is 14.6 Å². The summed E-state index contributed by atoms with van der Waals surface area (Å²) in [4.78, 5) is 0. The van der Waals surface area contributed by atoms with Crippen LogP contribution in [0, 0.1) is 0 Å². The van der Waals surface area contributed by atoms with E-state index >= 15 is 0 Å². The average molecular weight is 357 g/mol. The number of hydrogen-bond acceptors (Lipinski definition) is 5. The van der Waals surface area contributed by atoms with Crippen molar-refractivity contribution in [3.63, 3.8) is 0 Å². The van der Waals surface area contributed by atoms with Gasteiger partial charge in [0.25, 0.3) is 0 Å². The van der Waals surface area contributed by atoms with Crippen LogP contribution in [0.15, 0.2) is 24.3 Å². The summed E-state index contributed by atoms with van der Waals surface area (Å²) >= 11 is 0. The topological polar surface area (TPSA) is 46.2 Å². The van der Waals surface area contributed by atoms with Crippen LogP contribution >= 0.6 is 0 Å². The third kappa shape index (κ3) is 5.11. The molecule has 24 heavy (non-hydrogen) atoms. The van der Waals surface area contributed by atoms with Crippen LogP contribution in [0.1, 0.15) is 47.1 Å². The highest BCUT2D eigenvalue weighted by atomic mass is 28.4. The minimum atomic E-state index is -2.87. The fourth-order valence-electron chi connectivity index (χ4n) is 2.68. The smallest absolute Gasteiger partial charge is 0.370 e. The first-order valence-corrected chi connectivity index (χ1v) is 10.5. The summed E-state index contributed by atoms with van der Waals surface area (Å²) in [5, 5.41) is 0.951. The van der Waals surface area contributed by atoms with Gasteiger partial charge in [0.05, 0.1) is 0 Å². The summed E-state index contributed by atoms with van der Waals surface area (Å²) < 4.78 is 29.5. The molecule has 0 radical (unpaired) electrons. The van der Waals surface area contributed by atoms with E-state index in [0.717, 1.165) is 10.8 Å². The van der Waals surface area contributed by atoms with Gasteiger partial charge in [-0.25, -0.2) is 0 Å². The average Bonchev–Trinajstić information content (AvgIpc) is 2.56. The van der Waals surface area contributed by atoms with E-state index in [1.807, 2.05) is 65.8 Å². The van der Waals surface area contributed by atoms with Gasteiger partial charge in [-0.15, -0.1) is 0 Å². The lowest BCUT2D eigenvalue weighted by molar-refractivity contribution is -0.229. The maximum atomic E-state index is 5.95. The van der Waals surface area contributed by atoms with Crippen LogP contribution < -0.4 is 5.19 Å². The van der Waals surface area contributed by atoms with Gasteiger partial charge in [-0.2, -0.15) is 0 Å². The zero-order valence-corrected chi connectivity index (χ0v) is 16.9. The second kappa shape index (κ2) is 10.3. The first-order valence-electron chi connectivity index (χ1n) is 8.82. The first-order chi connectivity index (χ1) is 11.5. The number of rotatable bonds is 12. The van der Waals surface area contributed by atoms with Gasteiger partial charge in [0, 0.05) is 43.8 Å². The molecule has 1 aromatic carbocycles. The Balaban J connectivity index is 3.17. The quantitative estimate of drug-likeness (QED) is 0.425. The summed E-state index contributed by atoms with van der Waals surface area (Å²) in [5.74, 6) is -0.755. The van der Waals surface area contributed by atoms with Crippen LogP contribution in [-0.2, 0) is 28.5 Å². The third-order valence-electron chi connectivity index (χ3n) is 3.61. The zero-order chi connectivity index (χ0) is 18.1. The largest absolute Gasteiger partial charge is 0.537 e. The molecule has 0 amide bonds. The molecule has 0 saturated carbocycles. The minimum absolute atomic E-state index is 0.545. The van der Waals surface area contributed by atoms with Gasteiger partial charge in [0.15, 0.2) is 5.79 Å². The van der Waals surface area contributed by atoms with Crippen LogP contribution in [0.5, 0.6) is 0 Å².